The van der Waals surface area contributed by atoms with Crippen LogP contribution in [0.15, 0.2) is 178 Å². The third-order valence-electron chi connectivity index (χ3n) is 10.2. The summed E-state index contributed by atoms with van der Waals surface area (Å²) in [5, 5.41) is 13.7. The van der Waals surface area contributed by atoms with Gasteiger partial charge in [0.25, 0.3) is 0 Å². The van der Waals surface area contributed by atoms with E-state index in [0.29, 0.717) is 5.22 Å². The molecule has 5 heterocycles. The number of hydrogen-bond donors (Lipinski definition) is 0. The maximum Gasteiger partial charge on any atom is 2.00 e. The van der Waals surface area contributed by atoms with Crippen LogP contribution in [-0.4, -0.2) is 24.2 Å². The number of hydrogen-bond acceptors (Lipinski definition) is 5. The zero-order valence-electron chi connectivity index (χ0n) is 31.7. The normalized spacial score (nSPS) is 15.6. The second-order valence-corrected chi connectivity index (χ2v) is 14.0. The first-order chi connectivity index (χ1) is 26.8. The topological polar surface area (TPSA) is 83.5 Å². The van der Waals surface area contributed by atoms with Gasteiger partial charge in [0.15, 0.2) is 0 Å². The predicted octanol–water partition coefficient (Wildman–Crippen LogP) is 7.47. The fourth-order valence-corrected chi connectivity index (χ4v) is 7.32. The van der Waals surface area contributed by atoms with Crippen molar-refractivity contribution in [3.63, 3.8) is 0 Å². The largest absolute Gasteiger partial charge is 2.00 e. The first kappa shape index (κ1) is 36.5. The molecule has 8 bridgehead atoms. The molecule has 0 atom stereocenters. The maximum atomic E-state index is 12.4. The Balaban J connectivity index is 0.00000441. The number of rotatable bonds is 4. The Bertz CT molecular complexity index is 2810. The second kappa shape index (κ2) is 15.0. The van der Waals surface area contributed by atoms with E-state index in [1.165, 1.54) is 23.8 Å². The van der Waals surface area contributed by atoms with Crippen LogP contribution in [0.25, 0.3) is 28.2 Å². The first-order valence-corrected chi connectivity index (χ1v) is 18.3. The number of ether oxygens (including phenoxy) is 1. The van der Waals surface area contributed by atoms with E-state index < -0.39 is 5.95 Å². The van der Waals surface area contributed by atoms with Gasteiger partial charge >= 0.3 is 19.5 Å². The molecular weight excluding hydrogens is 742 g/mol. The molecule has 5 aromatic rings. The summed E-state index contributed by atoms with van der Waals surface area (Å²) < 4.78 is 4.99. The standard InChI is InChI=1S/C49H37N4O2.Zn/c1-29-5-11-32(12-6-29)45-37-21-23-39(50-37)46(33-13-7-30(2)8-14-33)41-25-27-43(52-41)48(35-17-19-36(20-18-35)49(54)55-4)44-28-26-42(53-44)47(40-24-22-38(45)51-40)34-15-9-31(3)10-16-34;/h5-28H,1-4H3,(H-,50,51,52,53,54);/q-1;+2/p-1. The quantitative estimate of drug-likeness (QED) is 0.178. The molecule has 0 N–H and O–H groups in total. The Morgan fingerprint density at radius 3 is 1.25 bits per heavy atom. The van der Waals surface area contributed by atoms with Crippen LogP contribution in [0.3, 0.4) is 0 Å². The minimum Gasteiger partial charge on any atom is -0.657 e. The summed E-state index contributed by atoms with van der Waals surface area (Å²) in [6, 6.07) is 37.1. The molecule has 0 spiro atoms. The summed E-state index contributed by atoms with van der Waals surface area (Å²) in [5.74, 6) is -0.391. The molecule has 7 heteroatoms. The van der Waals surface area contributed by atoms with E-state index in [4.69, 9.17) is 24.7 Å². The van der Waals surface area contributed by atoms with Crippen LogP contribution in [0.5, 0.6) is 0 Å². The summed E-state index contributed by atoms with van der Waals surface area (Å²) >= 11 is 0. The average Bonchev–Trinajstić information content (AvgIpc) is 4.05. The SMILES string of the molecule is COC([O-])=c1ccc(=C2C3=NC(=C(c4ccc(C)cc4)C4=NC(=C(c5ccc(C)cc5)c5ccc([n-]5)C(c5ccc(C)cc5)=C5C=CC2=N5)C=C4)C=C3)cc1.[Zn+2]. The summed E-state index contributed by atoms with van der Waals surface area (Å²) in [6.45, 7) is 6.27. The number of nitrogens with zero attached hydrogens (tertiary/aromatic N) is 4. The molecule has 4 aliphatic rings. The van der Waals surface area contributed by atoms with Gasteiger partial charge in [-0.15, -0.1) is 11.4 Å². The van der Waals surface area contributed by atoms with Crippen molar-refractivity contribution < 1.29 is 29.3 Å². The zero-order valence-corrected chi connectivity index (χ0v) is 34.6. The van der Waals surface area contributed by atoms with Crippen LogP contribution in [0, 0.1) is 20.8 Å². The molecule has 6 nitrogen and oxygen atoms in total. The van der Waals surface area contributed by atoms with Gasteiger partial charge in [0.1, 0.15) is 0 Å². The Morgan fingerprint density at radius 2 is 0.839 bits per heavy atom. The molecule has 0 radical (unpaired) electrons. The fraction of sp³-hybridized carbons (Fsp3) is 0.0816. The second-order valence-electron chi connectivity index (χ2n) is 14.0. The monoisotopic (exact) mass is 776 g/mol. The number of allylic oxidation sites excluding steroid dienone is 7. The molecule has 266 valence electrons. The van der Waals surface area contributed by atoms with Crippen molar-refractivity contribution in [2.45, 2.75) is 20.8 Å². The molecule has 0 fully saturated rings. The molecule has 0 saturated carbocycles. The van der Waals surface area contributed by atoms with E-state index in [2.05, 4.69) is 130 Å². The van der Waals surface area contributed by atoms with Crippen molar-refractivity contribution in [1.82, 2.24) is 4.98 Å². The van der Waals surface area contributed by atoms with Gasteiger partial charge in [-0.1, -0.05) is 126 Å². The van der Waals surface area contributed by atoms with Crippen LogP contribution in [0.2, 0.25) is 0 Å². The smallest absolute Gasteiger partial charge is 0.657 e. The van der Waals surface area contributed by atoms with Crippen molar-refractivity contribution in [1.29, 1.82) is 0 Å². The van der Waals surface area contributed by atoms with E-state index in [0.717, 1.165) is 89.8 Å². The van der Waals surface area contributed by atoms with E-state index in [1.54, 1.807) is 12.1 Å². The molecule has 0 aliphatic carbocycles. The predicted molar refractivity (Wildman–Crippen MR) is 222 cm³/mol. The van der Waals surface area contributed by atoms with Gasteiger partial charge < -0.3 is 14.8 Å². The summed E-state index contributed by atoms with van der Waals surface area (Å²) in [4.78, 5) is 21.4. The summed E-state index contributed by atoms with van der Waals surface area (Å²) in [6.07, 6.45) is 12.4. The zero-order chi connectivity index (χ0) is 37.6. The molecule has 0 saturated heterocycles. The first-order valence-electron chi connectivity index (χ1n) is 18.3. The molecular formula is C49H36N4O2Zn. The van der Waals surface area contributed by atoms with E-state index in [9.17, 15) is 5.11 Å². The summed E-state index contributed by atoms with van der Waals surface area (Å²) in [5.41, 5.74) is 16.6. The molecule has 0 unspecified atom stereocenters. The van der Waals surface area contributed by atoms with Crippen LogP contribution < -0.4 is 20.5 Å². The van der Waals surface area contributed by atoms with E-state index >= 15 is 0 Å². The summed E-state index contributed by atoms with van der Waals surface area (Å²) in [7, 11) is 1.39. The van der Waals surface area contributed by atoms with Crippen LogP contribution in [-0.2, 0) is 24.2 Å². The molecule has 4 aliphatic heterocycles. The van der Waals surface area contributed by atoms with Gasteiger partial charge in [-0.05, 0) is 103 Å². The fourth-order valence-electron chi connectivity index (χ4n) is 7.32. The van der Waals surface area contributed by atoms with Crippen molar-refractivity contribution >= 4 is 45.4 Å². The van der Waals surface area contributed by atoms with Crippen molar-refractivity contribution in [2.24, 2.45) is 15.0 Å². The Kier molecular flexibility index (Phi) is 9.80. The van der Waals surface area contributed by atoms with Gasteiger partial charge in [0.05, 0.1) is 40.2 Å². The Hall–Kier alpha value is -6.43. The Morgan fingerprint density at radius 1 is 0.464 bits per heavy atom. The molecule has 0 amide bonds. The van der Waals surface area contributed by atoms with Gasteiger partial charge in [-0.2, -0.15) is 0 Å². The Labute approximate surface area is 338 Å². The number of fused-ring (bicyclic) bond motifs is 5. The number of aromatic nitrogens is 1. The van der Waals surface area contributed by atoms with Crippen molar-refractivity contribution in [3.05, 3.63) is 218 Å². The number of aryl methyl sites for hydroxylation is 3. The minimum atomic E-state index is -0.391. The van der Waals surface area contributed by atoms with Crippen LogP contribution >= 0.6 is 0 Å². The molecule has 56 heavy (non-hydrogen) atoms. The van der Waals surface area contributed by atoms with Crippen LogP contribution in [0.4, 0.5) is 0 Å². The maximum absolute atomic E-state index is 12.4. The van der Waals surface area contributed by atoms with Crippen molar-refractivity contribution in [2.75, 3.05) is 7.11 Å². The minimum absolute atomic E-state index is 0. The van der Waals surface area contributed by atoms with E-state index in [-0.39, 0.29) is 19.5 Å². The van der Waals surface area contributed by atoms with Crippen LogP contribution in [0.1, 0.15) is 44.8 Å². The third-order valence-corrected chi connectivity index (χ3v) is 10.2. The number of methoxy groups -OCH3 is 1. The van der Waals surface area contributed by atoms with Gasteiger partial charge in [-0.3, -0.25) is 0 Å². The molecule has 9 rings (SSSR count). The number of aliphatic imine (C=N–C) groups is 3. The van der Waals surface area contributed by atoms with Gasteiger partial charge in [0, 0.05) is 11.1 Å². The molecule has 4 aromatic carbocycles. The third kappa shape index (κ3) is 6.76. The number of benzene rings is 4. The molecule has 1 aromatic heterocycles. The van der Waals surface area contributed by atoms with Gasteiger partial charge in [0.2, 0.25) is 0 Å². The van der Waals surface area contributed by atoms with Crippen molar-refractivity contribution in [3.8, 4) is 0 Å². The van der Waals surface area contributed by atoms with E-state index in [1.807, 2.05) is 24.3 Å². The average molecular weight is 778 g/mol. The van der Waals surface area contributed by atoms with Gasteiger partial charge in [-0.25, -0.2) is 15.0 Å².